The zero-order chi connectivity index (χ0) is 13.1. The van der Waals surface area contributed by atoms with Crippen molar-refractivity contribution in [1.29, 1.82) is 0 Å². The summed E-state index contributed by atoms with van der Waals surface area (Å²) in [5.41, 5.74) is 6.90. The number of anilines is 1. The number of nitrogens with zero attached hydrogens (tertiary/aromatic N) is 1. The van der Waals surface area contributed by atoms with Crippen LogP contribution in [0.5, 0.6) is 0 Å². The number of nitrogens with two attached hydrogens (primary N) is 1. The summed E-state index contributed by atoms with van der Waals surface area (Å²) in [4.78, 5) is 15.8. The first-order valence-corrected chi connectivity index (χ1v) is 6.18. The van der Waals surface area contributed by atoms with Crippen molar-refractivity contribution in [3.05, 3.63) is 23.4 Å². The number of nitrogens with one attached hydrogen (secondary N) is 1. The molecule has 0 radical (unpaired) electrons. The molecule has 2 rings (SSSR count). The van der Waals surface area contributed by atoms with Gasteiger partial charge in [0.25, 0.3) is 0 Å². The highest BCUT2D eigenvalue weighted by molar-refractivity contribution is 5.90. The summed E-state index contributed by atoms with van der Waals surface area (Å²) in [6.07, 6.45) is 2.46. The zero-order valence-corrected chi connectivity index (χ0v) is 10.8. The Hall–Kier alpha value is -1.62. The Labute approximate surface area is 107 Å². The molecule has 1 unspecified atom stereocenters. The molecule has 1 aliphatic carbocycles. The van der Waals surface area contributed by atoms with Crippen molar-refractivity contribution in [2.75, 3.05) is 19.0 Å². The van der Waals surface area contributed by atoms with E-state index in [9.17, 15) is 4.79 Å². The smallest absolute Gasteiger partial charge is 0.339 e. The van der Waals surface area contributed by atoms with E-state index >= 15 is 0 Å². The van der Waals surface area contributed by atoms with Gasteiger partial charge in [0.2, 0.25) is 0 Å². The van der Waals surface area contributed by atoms with Crippen molar-refractivity contribution < 1.29 is 9.53 Å². The monoisotopic (exact) mass is 249 g/mol. The van der Waals surface area contributed by atoms with Gasteiger partial charge < -0.3 is 15.8 Å². The summed E-state index contributed by atoms with van der Waals surface area (Å²) in [6, 6.07) is 3.81. The third-order valence-corrected chi connectivity index (χ3v) is 3.27. The molecule has 0 amide bonds. The Kier molecular flexibility index (Phi) is 3.81. The highest BCUT2D eigenvalue weighted by Gasteiger charge is 2.30. The summed E-state index contributed by atoms with van der Waals surface area (Å²) in [5, 5.41) is 3.33. The fourth-order valence-corrected chi connectivity index (χ4v) is 2.02. The number of esters is 1. The van der Waals surface area contributed by atoms with E-state index in [0.29, 0.717) is 23.7 Å². The van der Waals surface area contributed by atoms with Crippen molar-refractivity contribution in [3.8, 4) is 0 Å². The largest absolute Gasteiger partial charge is 0.465 e. The van der Waals surface area contributed by atoms with Crippen LogP contribution in [0.15, 0.2) is 12.1 Å². The summed E-state index contributed by atoms with van der Waals surface area (Å²) in [5.74, 6) is 1.07. The molecule has 1 saturated carbocycles. The van der Waals surface area contributed by atoms with Gasteiger partial charge in [-0.1, -0.05) is 0 Å². The van der Waals surface area contributed by atoms with Gasteiger partial charge in [-0.2, -0.15) is 0 Å². The van der Waals surface area contributed by atoms with Crippen LogP contribution in [0, 0.1) is 12.8 Å². The molecule has 0 aliphatic heterocycles. The summed E-state index contributed by atoms with van der Waals surface area (Å²) < 4.78 is 4.69. The second-order valence-electron chi connectivity index (χ2n) is 4.65. The van der Waals surface area contributed by atoms with Gasteiger partial charge in [-0.25, -0.2) is 9.78 Å². The van der Waals surface area contributed by atoms with E-state index in [2.05, 4.69) is 15.0 Å². The van der Waals surface area contributed by atoms with Crippen LogP contribution in [0.4, 0.5) is 5.82 Å². The maximum atomic E-state index is 11.4. The molecule has 0 saturated heterocycles. The lowest BCUT2D eigenvalue weighted by Crippen LogP contribution is -2.31. The number of pyridine rings is 1. The lowest BCUT2D eigenvalue weighted by Gasteiger charge is -2.17. The first kappa shape index (κ1) is 12.8. The second-order valence-corrected chi connectivity index (χ2v) is 4.65. The van der Waals surface area contributed by atoms with Crippen LogP contribution in [0.1, 0.15) is 28.9 Å². The molecular weight excluding hydrogens is 230 g/mol. The van der Waals surface area contributed by atoms with Crippen LogP contribution >= 0.6 is 0 Å². The molecule has 1 aromatic heterocycles. The molecule has 5 nitrogen and oxygen atoms in total. The molecule has 0 bridgehead atoms. The Morgan fingerprint density at radius 2 is 2.33 bits per heavy atom. The minimum Gasteiger partial charge on any atom is -0.465 e. The van der Waals surface area contributed by atoms with E-state index < -0.39 is 0 Å². The number of hydrogen-bond donors (Lipinski definition) is 2. The number of carbonyl (C=O) groups is 1. The third kappa shape index (κ3) is 2.79. The topological polar surface area (TPSA) is 77.2 Å². The maximum absolute atomic E-state index is 11.4. The molecule has 1 fully saturated rings. The van der Waals surface area contributed by atoms with Crippen LogP contribution in [0.3, 0.4) is 0 Å². The minimum atomic E-state index is -0.357. The molecule has 0 aromatic carbocycles. The Morgan fingerprint density at radius 1 is 1.61 bits per heavy atom. The quantitative estimate of drug-likeness (QED) is 0.770. The molecule has 5 heteroatoms. The Balaban J connectivity index is 2.10. The van der Waals surface area contributed by atoms with E-state index in [1.54, 1.807) is 19.1 Å². The van der Waals surface area contributed by atoms with E-state index in [0.717, 1.165) is 5.82 Å². The molecule has 1 aliphatic rings. The van der Waals surface area contributed by atoms with Crippen molar-refractivity contribution in [3.63, 3.8) is 0 Å². The number of carbonyl (C=O) groups excluding carboxylic acids is 1. The van der Waals surface area contributed by atoms with Crippen molar-refractivity contribution >= 4 is 11.8 Å². The fourth-order valence-electron chi connectivity index (χ4n) is 2.02. The third-order valence-electron chi connectivity index (χ3n) is 3.27. The summed E-state index contributed by atoms with van der Waals surface area (Å²) in [6.45, 7) is 2.40. The maximum Gasteiger partial charge on any atom is 0.339 e. The zero-order valence-electron chi connectivity index (χ0n) is 10.8. The van der Waals surface area contributed by atoms with Crippen LogP contribution < -0.4 is 11.1 Å². The number of rotatable bonds is 5. The van der Waals surface area contributed by atoms with Crippen molar-refractivity contribution in [1.82, 2.24) is 4.98 Å². The molecule has 98 valence electrons. The highest BCUT2D eigenvalue weighted by atomic mass is 16.5. The Bertz CT molecular complexity index is 444. The fraction of sp³-hybridized carbons (Fsp3) is 0.538. The van der Waals surface area contributed by atoms with E-state index in [-0.39, 0.29) is 12.0 Å². The molecule has 1 heterocycles. The number of aromatic nitrogens is 1. The first-order valence-electron chi connectivity index (χ1n) is 6.18. The predicted molar refractivity (Wildman–Crippen MR) is 69.5 cm³/mol. The van der Waals surface area contributed by atoms with Gasteiger partial charge in [-0.3, -0.25) is 0 Å². The summed E-state index contributed by atoms with van der Waals surface area (Å²) >= 11 is 0. The number of aryl methyl sites for hydroxylation is 1. The Morgan fingerprint density at radius 3 is 2.83 bits per heavy atom. The molecular formula is C13H19N3O2. The van der Waals surface area contributed by atoms with Crippen LogP contribution in [0.25, 0.3) is 0 Å². The normalized spacial score (nSPS) is 16.2. The highest BCUT2D eigenvalue weighted by Crippen LogP contribution is 2.33. The molecule has 3 N–H and O–H groups in total. The molecule has 18 heavy (non-hydrogen) atoms. The van der Waals surface area contributed by atoms with Gasteiger partial charge in [0.1, 0.15) is 5.82 Å². The first-order chi connectivity index (χ1) is 8.65. The van der Waals surface area contributed by atoms with Crippen LogP contribution in [-0.2, 0) is 4.74 Å². The average molecular weight is 249 g/mol. The van der Waals surface area contributed by atoms with Crippen molar-refractivity contribution in [2.45, 2.75) is 25.8 Å². The molecule has 1 aromatic rings. The van der Waals surface area contributed by atoms with E-state index in [1.165, 1.54) is 20.0 Å². The van der Waals surface area contributed by atoms with Gasteiger partial charge >= 0.3 is 5.97 Å². The average Bonchev–Trinajstić information content (AvgIpc) is 3.19. The van der Waals surface area contributed by atoms with E-state index in [4.69, 9.17) is 5.73 Å². The number of hydrogen-bond acceptors (Lipinski definition) is 5. The molecule has 0 spiro atoms. The van der Waals surface area contributed by atoms with Gasteiger partial charge in [-0.15, -0.1) is 0 Å². The van der Waals surface area contributed by atoms with E-state index in [1.807, 2.05) is 0 Å². The summed E-state index contributed by atoms with van der Waals surface area (Å²) in [7, 11) is 1.37. The standard InChI is InChI=1S/C13H19N3O2/c1-8-10(13(17)18-2)5-6-12(15-8)16-11(7-14)9-3-4-9/h5-6,9,11H,3-4,7,14H2,1-2H3,(H,15,16). The van der Waals surface area contributed by atoms with Gasteiger partial charge in [-0.05, 0) is 37.8 Å². The minimum absolute atomic E-state index is 0.279. The second kappa shape index (κ2) is 5.35. The van der Waals surface area contributed by atoms with Gasteiger partial charge in [0, 0.05) is 12.6 Å². The predicted octanol–water partition coefficient (Wildman–Crippen LogP) is 1.33. The lowest BCUT2D eigenvalue weighted by molar-refractivity contribution is 0.0599. The van der Waals surface area contributed by atoms with Gasteiger partial charge in [0.15, 0.2) is 0 Å². The lowest BCUT2D eigenvalue weighted by atomic mass is 10.1. The molecule has 1 atom stereocenters. The SMILES string of the molecule is COC(=O)c1ccc(NC(CN)C2CC2)nc1C. The van der Waals surface area contributed by atoms with Gasteiger partial charge in [0.05, 0.1) is 18.4 Å². The van der Waals surface area contributed by atoms with Crippen LogP contribution in [0.2, 0.25) is 0 Å². The number of methoxy groups -OCH3 is 1. The van der Waals surface area contributed by atoms with Crippen molar-refractivity contribution in [2.24, 2.45) is 11.7 Å². The van der Waals surface area contributed by atoms with Crippen LogP contribution in [-0.4, -0.2) is 30.6 Å². The number of ether oxygens (including phenoxy) is 1.